The van der Waals surface area contributed by atoms with Crippen LogP contribution in [0.15, 0.2) is 18.2 Å². The van der Waals surface area contributed by atoms with Crippen molar-refractivity contribution in [3.63, 3.8) is 0 Å². The first kappa shape index (κ1) is 19.8. The Morgan fingerprint density at radius 3 is 2.39 bits per heavy atom. The molecule has 23 heavy (non-hydrogen) atoms. The van der Waals surface area contributed by atoms with Gasteiger partial charge in [0.25, 0.3) is 0 Å². The van der Waals surface area contributed by atoms with Gasteiger partial charge in [0.15, 0.2) is 0 Å². The van der Waals surface area contributed by atoms with Crippen molar-refractivity contribution in [2.24, 2.45) is 5.73 Å². The third kappa shape index (κ3) is 6.04. The molecule has 1 unspecified atom stereocenters. The predicted octanol–water partition coefficient (Wildman–Crippen LogP) is 4.00. The van der Waals surface area contributed by atoms with Crippen LogP contribution in [0.25, 0.3) is 0 Å². The summed E-state index contributed by atoms with van der Waals surface area (Å²) >= 11 is 0. The average molecular weight is 322 g/mol. The second-order valence-electron chi connectivity index (χ2n) is 5.79. The molecular formula is C19H34N2O2. The lowest BCUT2D eigenvalue weighted by Crippen LogP contribution is -2.33. The van der Waals surface area contributed by atoms with E-state index >= 15 is 0 Å². The number of nitrogens with two attached hydrogens (primary N) is 1. The monoisotopic (exact) mass is 322 g/mol. The molecular weight excluding hydrogens is 288 g/mol. The van der Waals surface area contributed by atoms with Crippen molar-refractivity contribution < 1.29 is 9.47 Å². The van der Waals surface area contributed by atoms with Crippen molar-refractivity contribution in [3.05, 3.63) is 23.8 Å². The van der Waals surface area contributed by atoms with E-state index in [1.807, 2.05) is 12.1 Å². The first-order valence-corrected chi connectivity index (χ1v) is 8.96. The predicted molar refractivity (Wildman–Crippen MR) is 97.3 cm³/mol. The van der Waals surface area contributed by atoms with Gasteiger partial charge < -0.3 is 15.2 Å². The van der Waals surface area contributed by atoms with Crippen LogP contribution in [-0.4, -0.2) is 38.3 Å². The van der Waals surface area contributed by atoms with Gasteiger partial charge in [0, 0.05) is 18.2 Å². The zero-order valence-corrected chi connectivity index (χ0v) is 15.3. The van der Waals surface area contributed by atoms with E-state index in [1.165, 1.54) is 19.3 Å². The molecule has 2 N–H and O–H groups in total. The molecule has 1 aromatic rings. The number of nitrogens with zero attached hydrogens (tertiary/aromatic N) is 1. The number of benzene rings is 1. The second-order valence-corrected chi connectivity index (χ2v) is 5.79. The first-order chi connectivity index (χ1) is 11.2. The Morgan fingerprint density at radius 1 is 1.09 bits per heavy atom. The highest BCUT2D eigenvalue weighted by Crippen LogP contribution is 2.32. The highest BCUT2D eigenvalue weighted by Gasteiger charge is 2.20. The molecule has 0 aliphatic carbocycles. The zero-order valence-electron chi connectivity index (χ0n) is 15.3. The Morgan fingerprint density at radius 2 is 1.83 bits per heavy atom. The summed E-state index contributed by atoms with van der Waals surface area (Å²) in [5.41, 5.74) is 7.22. The lowest BCUT2D eigenvalue weighted by molar-refractivity contribution is 0.214. The quantitative estimate of drug-likeness (QED) is 0.591. The maximum atomic E-state index is 6.09. The van der Waals surface area contributed by atoms with Crippen LogP contribution in [0.1, 0.15) is 58.1 Å². The highest BCUT2D eigenvalue weighted by molar-refractivity contribution is 5.42. The highest BCUT2D eigenvalue weighted by atomic mass is 16.5. The van der Waals surface area contributed by atoms with Crippen molar-refractivity contribution in [3.8, 4) is 11.5 Å². The molecule has 0 fully saturated rings. The lowest BCUT2D eigenvalue weighted by Gasteiger charge is -2.30. The van der Waals surface area contributed by atoms with Crippen LogP contribution in [0, 0.1) is 0 Å². The van der Waals surface area contributed by atoms with Gasteiger partial charge >= 0.3 is 0 Å². The topological polar surface area (TPSA) is 47.7 Å². The molecule has 0 aliphatic heterocycles. The van der Waals surface area contributed by atoms with Crippen LogP contribution in [0.5, 0.6) is 11.5 Å². The summed E-state index contributed by atoms with van der Waals surface area (Å²) in [6, 6.07) is 6.25. The summed E-state index contributed by atoms with van der Waals surface area (Å²) in [5, 5.41) is 0. The van der Waals surface area contributed by atoms with Crippen molar-refractivity contribution in [1.29, 1.82) is 0 Å². The lowest BCUT2D eigenvalue weighted by atomic mass is 10.0. The number of ether oxygens (including phenoxy) is 2. The Kier molecular flexibility index (Phi) is 9.72. The summed E-state index contributed by atoms with van der Waals surface area (Å²) in [7, 11) is 1.69. The maximum absolute atomic E-state index is 6.09. The summed E-state index contributed by atoms with van der Waals surface area (Å²) in [6.07, 6.45) is 4.80. The molecule has 0 aromatic heterocycles. The fourth-order valence-electron chi connectivity index (χ4n) is 2.89. The Hall–Kier alpha value is -1.26. The van der Waals surface area contributed by atoms with Gasteiger partial charge in [-0.2, -0.15) is 0 Å². The second kappa shape index (κ2) is 11.3. The van der Waals surface area contributed by atoms with E-state index in [4.69, 9.17) is 15.2 Å². The van der Waals surface area contributed by atoms with Crippen molar-refractivity contribution in [2.45, 2.75) is 52.5 Å². The molecule has 0 bridgehead atoms. The van der Waals surface area contributed by atoms with E-state index in [9.17, 15) is 0 Å². The standard InChI is InChI=1S/C19H34N2O2/c1-5-8-9-10-13-23-19-14-16(22-4)11-12-17(19)18(15-20)21(6-2)7-3/h11-12,14,18H,5-10,13,15,20H2,1-4H3. The van der Waals surface area contributed by atoms with Gasteiger partial charge in [-0.3, -0.25) is 4.90 Å². The minimum Gasteiger partial charge on any atom is -0.497 e. The minimum atomic E-state index is 0.182. The van der Waals surface area contributed by atoms with Crippen molar-refractivity contribution >= 4 is 0 Å². The summed E-state index contributed by atoms with van der Waals surface area (Å²) in [6.45, 7) is 9.83. The van der Waals surface area contributed by atoms with Gasteiger partial charge in [-0.25, -0.2) is 0 Å². The fourth-order valence-corrected chi connectivity index (χ4v) is 2.89. The van der Waals surface area contributed by atoms with Gasteiger partial charge in [-0.05, 0) is 25.6 Å². The van der Waals surface area contributed by atoms with E-state index in [1.54, 1.807) is 7.11 Å². The molecule has 1 atom stereocenters. The minimum absolute atomic E-state index is 0.182. The van der Waals surface area contributed by atoms with Gasteiger partial charge in [0.2, 0.25) is 0 Å². The largest absolute Gasteiger partial charge is 0.497 e. The molecule has 0 amide bonds. The van der Waals surface area contributed by atoms with E-state index in [-0.39, 0.29) is 6.04 Å². The third-order valence-corrected chi connectivity index (χ3v) is 4.31. The van der Waals surface area contributed by atoms with Crippen molar-refractivity contribution in [2.75, 3.05) is 33.4 Å². The van der Waals surface area contributed by atoms with E-state index in [2.05, 4.69) is 31.7 Å². The molecule has 1 aromatic carbocycles. The fraction of sp³-hybridized carbons (Fsp3) is 0.684. The normalized spacial score (nSPS) is 12.4. The van der Waals surface area contributed by atoms with Crippen LogP contribution >= 0.6 is 0 Å². The average Bonchev–Trinajstić information content (AvgIpc) is 2.59. The Labute approximate surface area is 142 Å². The summed E-state index contributed by atoms with van der Waals surface area (Å²) in [4.78, 5) is 2.37. The molecule has 4 heteroatoms. The number of unbranched alkanes of at least 4 members (excludes halogenated alkanes) is 3. The van der Waals surface area contributed by atoms with E-state index in [0.717, 1.165) is 43.2 Å². The van der Waals surface area contributed by atoms with Gasteiger partial charge in [0.05, 0.1) is 19.8 Å². The van der Waals surface area contributed by atoms with Crippen LogP contribution in [0.3, 0.4) is 0 Å². The molecule has 0 saturated heterocycles. The first-order valence-electron chi connectivity index (χ1n) is 8.96. The zero-order chi connectivity index (χ0) is 17.1. The molecule has 4 nitrogen and oxygen atoms in total. The third-order valence-electron chi connectivity index (χ3n) is 4.31. The molecule has 132 valence electrons. The molecule has 0 saturated carbocycles. The van der Waals surface area contributed by atoms with E-state index in [0.29, 0.717) is 6.54 Å². The van der Waals surface area contributed by atoms with Gasteiger partial charge in [-0.1, -0.05) is 46.1 Å². The van der Waals surface area contributed by atoms with Crippen LogP contribution in [-0.2, 0) is 0 Å². The molecule has 0 heterocycles. The number of hydrogen-bond acceptors (Lipinski definition) is 4. The van der Waals surface area contributed by atoms with Crippen molar-refractivity contribution in [1.82, 2.24) is 4.90 Å². The van der Waals surface area contributed by atoms with E-state index < -0.39 is 0 Å². The maximum Gasteiger partial charge on any atom is 0.127 e. The Bertz CT molecular complexity index is 433. The summed E-state index contributed by atoms with van der Waals surface area (Å²) in [5.74, 6) is 1.73. The number of likely N-dealkylation sites (N-methyl/N-ethyl adjacent to an activating group) is 1. The number of methoxy groups -OCH3 is 1. The molecule has 1 rings (SSSR count). The van der Waals surface area contributed by atoms with Crippen LogP contribution in [0.2, 0.25) is 0 Å². The number of rotatable bonds is 12. The van der Waals surface area contributed by atoms with Gasteiger partial charge in [0.1, 0.15) is 11.5 Å². The SMILES string of the molecule is CCCCCCOc1cc(OC)ccc1C(CN)N(CC)CC. The number of hydrogen-bond donors (Lipinski definition) is 1. The Balaban J connectivity index is 2.91. The van der Waals surface area contributed by atoms with Gasteiger partial charge in [-0.15, -0.1) is 0 Å². The molecule has 0 aliphatic rings. The molecule has 0 spiro atoms. The van der Waals surface area contributed by atoms with Crippen LogP contribution < -0.4 is 15.2 Å². The summed E-state index contributed by atoms with van der Waals surface area (Å²) < 4.78 is 11.4. The smallest absolute Gasteiger partial charge is 0.127 e. The molecule has 0 radical (unpaired) electrons. The van der Waals surface area contributed by atoms with Crippen LogP contribution in [0.4, 0.5) is 0 Å².